The highest BCUT2D eigenvalue weighted by Gasteiger charge is 2.11. The van der Waals surface area contributed by atoms with Crippen LogP contribution in [0.5, 0.6) is 0 Å². The SMILES string of the molecule is C.C.C.C.C[N+](C)(C)CCCOC(=O)c1ccc(C=O)cc1.C[N+](C)(C)CCCOC(=O)c1ccc(CO)cc1. The van der Waals surface area contributed by atoms with Crippen LogP contribution in [0.15, 0.2) is 48.5 Å². The molecule has 0 aliphatic rings. The zero-order valence-electron chi connectivity index (χ0n) is 22.5. The highest BCUT2D eigenvalue weighted by Crippen LogP contribution is 2.07. The van der Waals surface area contributed by atoms with E-state index in [0.717, 1.165) is 46.7 Å². The van der Waals surface area contributed by atoms with Crippen LogP contribution in [0.1, 0.15) is 79.2 Å². The second-order valence-electron chi connectivity index (χ2n) is 10.6. The molecule has 0 saturated heterocycles. The molecule has 0 amide bonds. The van der Waals surface area contributed by atoms with E-state index in [0.29, 0.717) is 29.9 Å². The van der Waals surface area contributed by atoms with E-state index < -0.39 is 0 Å². The molecule has 230 valence electrons. The molecule has 8 nitrogen and oxygen atoms in total. The molecular formula is C32H58N2O6+2. The van der Waals surface area contributed by atoms with Crippen molar-refractivity contribution < 1.29 is 37.9 Å². The Kier molecular flexibility index (Phi) is 23.9. The molecule has 0 bridgehead atoms. The number of esters is 2. The number of hydrogen-bond acceptors (Lipinski definition) is 6. The van der Waals surface area contributed by atoms with Crippen molar-refractivity contribution in [1.82, 2.24) is 0 Å². The van der Waals surface area contributed by atoms with Crippen molar-refractivity contribution in [1.29, 1.82) is 0 Å². The minimum atomic E-state index is -0.339. The lowest BCUT2D eigenvalue weighted by Crippen LogP contribution is -2.35. The van der Waals surface area contributed by atoms with E-state index in [-0.39, 0.29) is 48.3 Å². The molecule has 0 aliphatic carbocycles. The summed E-state index contributed by atoms with van der Waals surface area (Å²) in [4.78, 5) is 33.8. The Labute approximate surface area is 244 Å². The van der Waals surface area contributed by atoms with Gasteiger partial charge in [0.05, 0.1) is 86.3 Å². The summed E-state index contributed by atoms with van der Waals surface area (Å²) in [5.74, 6) is -0.644. The zero-order chi connectivity index (χ0) is 27.2. The van der Waals surface area contributed by atoms with Crippen LogP contribution in [0.25, 0.3) is 0 Å². The quantitative estimate of drug-likeness (QED) is 0.153. The summed E-state index contributed by atoms with van der Waals surface area (Å²) in [6.07, 6.45) is 2.43. The van der Waals surface area contributed by atoms with Gasteiger partial charge in [-0.3, -0.25) is 4.79 Å². The lowest BCUT2D eigenvalue weighted by atomic mass is 10.1. The predicted octanol–water partition coefficient (Wildman–Crippen LogP) is 5.73. The third kappa shape index (κ3) is 19.9. The summed E-state index contributed by atoms with van der Waals surface area (Å²) in [5.41, 5.74) is 2.34. The second kappa shape index (κ2) is 21.7. The third-order valence-electron chi connectivity index (χ3n) is 5.07. The van der Waals surface area contributed by atoms with Crippen LogP contribution in [0.2, 0.25) is 0 Å². The summed E-state index contributed by atoms with van der Waals surface area (Å²) in [6.45, 7) is 2.77. The Balaban J connectivity index is -0.000000295. The molecule has 0 fully saturated rings. The van der Waals surface area contributed by atoms with E-state index in [4.69, 9.17) is 14.6 Å². The van der Waals surface area contributed by atoms with Crippen LogP contribution in [0.3, 0.4) is 0 Å². The summed E-state index contributed by atoms with van der Waals surface area (Å²) < 4.78 is 12.1. The molecule has 2 rings (SSSR count). The van der Waals surface area contributed by atoms with E-state index >= 15 is 0 Å². The molecule has 2 aromatic carbocycles. The van der Waals surface area contributed by atoms with Gasteiger partial charge in [-0.25, -0.2) is 9.59 Å². The molecule has 2 aromatic rings. The molecule has 0 spiro atoms. The van der Waals surface area contributed by atoms with Gasteiger partial charge in [0.25, 0.3) is 0 Å². The number of aldehydes is 1. The molecule has 0 aliphatic heterocycles. The van der Waals surface area contributed by atoms with Crippen molar-refractivity contribution in [2.24, 2.45) is 0 Å². The Bertz CT molecular complexity index is 943. The van der Waals surface area contributed by atoms with Gasteiger partial charge in [-0.2, -0.15) is 0 Å². The van der Waals surface area contributed by atoms with Gasteiger partial charge >= 0.3 is 11.9 Å². The number of hydrogen-bond donors (Lipinski definition) is 1. The van der Waals surface area contributed by atoms with Crippen molar-refractivity contribution in [3.63, 3.8) is 0 Å². The molecule has 0 heterocycles. The number of benzene rings is 2. The Hall–Kier alpha value is -3.07. The minimum absolute atomic E-state index is 0. The van der Waals surface area contributed by atoms with E-state index in [1.54, 1.807) is 48.5 Å². The van der Waals surface area contributed by atoms with Crippen LogP contribution in [0.4, 0.5) is 0 Å². The first-order chi connectivity index (χ1) is 16.8. The molecular weight excluding hydrogens is 508 g/mol. The smallest absolute Gasteiger partial charge is 0.338 e. The highest BCUT2D eigenvalue weighted by molar-refractivity contribution is 5.90. The fourth-order valence-electron chi connectivity index (χ4n) is 3.02. The van der Waals surface area contributed by atoms with E-state index in [1.165, 1.54) is 0 Å². The van der Waals surface area contributed by atoms with Crippen molar-refractivity contribution in [3.8, 4) is 0 Å². The molecule has 40 heavy (non-hydrogen) atoms. The fraction of sp³-hybridized carbons (Fsp3) is 0.531. The summed E-state index contributed by atoms with van der Waals surface area (Å²) in [6, 6.07) is 13.2. The Morgan fingerprint density at radius 3 is 1.32 bits per heavy atom. The second-order valence-corrected chi connectivity index (χ2v) is 10.6. The first kappa shape index (κ1) is 44.0. The van der Waals surface area contributed by atoms with E-state index in [9.17, 15) is 14.4 Å². The highest BCUT2D eigenvalue weighted by atomic mass is 16.5. The largest absolute Gasteiger partial charge is 0.462 e. The van der Waals surface area contributed by atoms with Gasteiger partial charge in [-0.05, 0) is 29.8 Å². The van der Waals surface area contributed by atoms with Crippen LogP contribution in [-0.2, 0) is 16.1 Å². The fourth-order valence-corrected chi connectivity index (χ4v) is 3.02. The number of aliphatic hydroxyl groups is 1. The minimum Gasteiger partial charge on any atom is -0.462 e. The average molecular weight is 567 g/mol. The monoisotopic (exact) mass is 566 g/mol. The summed E-state index contributed by atoms with van der Waals surface area (Å²) in [7, 11) is 12.6. The number of rotatable bonds is 12. The average Bonchev–Trinajstić information content (AvgIpc) is 2.83. The number of nitrogens with zero attached hydrogens (tertiary/aromatic N) is 2. The van der Waals surface area contributed by atoms with Crippen LogP contribution < -0.4 is 0 Å². The topological polar surface area (TPSA) is 89.9 Å². The Morgan fingerprint density at radius 2 is 1.02 bits per heavy atom. The predicted molar refractivity (Wildman–Crippen MR) is 167 cm³/mol. The standard InChI is InChI=1S/C14H22NO3.C14H20NO3.4CH4/c2*1-15(2,3)9-4-10-18-14(17)13-7-5-12(11-16)6-8-13;;;;/h5-8,16H,4,9-11H2,1-3H3;5-8,11H,4,9-10H2,1-3H3;4*1H4/q2*+1;;;;. The zero-order valence-corrected chi connectivity index (χ0v) is 22.5. The number of quaternary nitrogens is 2. The van der Waals surface area contributed by atoms with Crippen molar-refractivity contribution in [2.75, 3.05) is 68.6 Å². The molecule has 8 heteroatoms. The molecule has 0 atom stereocenters. The maximum Gasteiger partial charge on any atom is 0.338 e. The van der Waals surface area contributed by atoms with Crippen molar-refractivity contribution in [3.05, 3.63) is 70.8 Å². The first-order valence-electron chi connectivity index (χ1n) is 12.0. The number of ether oxygens (including phenoxy) is 2. The molecule has 1 N–H and O–H groups in total. The van der Waals surface area contributed by atoms with Crippen LogP contribution >= 0.6 is 0 Å². The molecule has 0 aromatic heterocycles. The van der Waals surface area contributed by atoms with Crippen molar-refractivity contribution in [2.45, 2.75) is 49.2 Å². The van der Waals surface area contributed by atoms with E-state index in [1.807, 2.05) is 0 Å². The lowest BCUT2D eigenvalue weighted by molar-refractivity contribution is -0.870. The van der Waals surface area contributed by atoms with Gasteiger partial charge in [-0.1, -0.05) is 54.0 Å². The van der Waals surface area contributed by atoms with Crippen molar-refractivity contribution >= 4 is 18.2 Å². The number of aliphatic hydroxyl groups excluding tert-OH is 1. The van der Waals surface area contributed by atoms with Gasteiger partial charge in [-0.15, -0.1) is 0 Å². The van der Waals surface area contributed by atoms with Gasteiger partial charge < -0.3 is 23.5 Å². The molecule has 0 saturated carbocycles. The Morgan fingerprint density at radius 1 is 0.675 bits per heavy atom. The number of carbonyl (C=O) groups excluding carboxylic acids is 3. The summed E-state index contributed by atoms with van der Waals surface area (Å²) >= 11 is 0. The maximum atomic E-state index is 11.7. The van der Waals surface area contributed by atoms with Gasteiger partial charge in [0.2, 0.25) is 0 Å². The summed E-state index contributed by atoms with van der Waals surface area (Å²) in [5, 5.41) is 8.90. The van der Waals surface area contributed by atoms with Crippen LogP contribution in [-0.4, -0.2) is 101 Å². The van der Waals surface area contributed by atoms with E-state index in [2.05, 4.69) is 42.3 Å². The normalized spacial score (nSPS) is 10.1. The van der Waals surface area contributed by atoms with Gasteiger partial charge in [0, 0.05) is 18.4 Å². The molecule has 0 radical (unpaired) electrons. The van der Waals surface area contributed by atoms with Gasteiger partial charge in [0.15, 0.2) is 0 Å². The maximum absolute atomic E-state index is 11.7. The lowest BCUT2D eigenvalue weighted by Gasteiger charge is -2.23. The first-order valence-corrected chi connectivity index (χ1v) is 12.0. The van der Waals surface area contributed by atoms with Crippen LogP contribution in [0, 0.1) is 0 Å². The van der Waals surface area contributed by atoms with Gasteiger partial charge in [0.1, 0.15) is 6.29 Å². The third-order valence-corrected chi connectivity index (χ3v) is 5.07. The molecule has 0 unspecified atom stereocenters. The number of carbonyl (C=O) groups is 3.